The van der Waals surface area contributed by atoms with Gasteiger partial charge >= 0.3 is 0 Å². The van der Waals surface area contributed by atoms with Gasteiger partial charge in [-0.2, -0.15) is 0 Å². The third kappa shape index (κ3) is 4.36. The Morgan fingerprint density at radius 3 is 2.36 bits per heavy atom. The summed E-state index contributed by atoms with van der Waals surface area (Å²) in [5.41, 5.74) is 4.89. The van der Waals surface area contributed by atoms with Crippen molar-refractivity contribution < 1.29 is 9.59 Å². The van der Waals surface area contributed by atoms with Gasteiger partial charge in [0.25, 0.3) is 0 Å². The monoisotopic (exact) mass is 158 g/mol. The molecule has 4 heteroatoms. The average molecular weight is 158 g/mol. The Labute approximate surface area is 66.4 Å². The standard InChI is InChI=1S/C7H14N2O2/c1-3-4-7(11)9(2)5-6(8)10/h3-5H2,1-2H3,(H2,8,10). The topological polar surface area (TPSA) is 63.4 Å². The Bertz CT molecular complexity index is 157. The molecule has 0 radical (unpaired) electrons. The molecule has 0 aromatic heterocycles. The van der Waals surface area contributed by atoms with E-state index in [1.807, 2.05) is 6.92 Å². The number of rotatable bonds is 4. The molecule has 0 aliphatic rings. The van der Waals surface area contributed by atoms with Crippen LogP contribution in [0.15, 0.2) is 0 Å². The van der Waals surface area contributed by atoms with Gasteiger partial charge in [0.1, 0.15) is 0 Å². The summed E-state index contributed by atoms with van der Waals surface area (Å²) in [6.45, 7) is 1.93. The van der Waals surface area contributed by atoms with Crippen LogP contribution >= 0.6 is 0 Å². The van der Waals surface area contributed by atoms with Gasteiger partial charge in [-0.05, 0) is 6.42 Å². The fourth-order valence-electron chi connectivity index (χ4n) is 0.727. The van der Waals surface area contributed by atoms with Gasteiger partial charge in [0.2, 0.25) is 11.8 Å². The largest absolute Gasteiger partial charge is 0.368 e. The van der Waals surface area contributed by atoms with Gasteiger partial charge in [-0.15, -0.1) is 0 Å². The van der Waals surface area contributed by atoms with Crippen LogP contribution in [0.1, 0.15) is 19.8 Å². The van der Waals surface area contributed by atoms with Crippen LogP contribution < -0.4 is 5.73 Å². The van der Waals surface area contributed by atoms with Gasteiger partial charge in [-0.3, -0.25) is 9.59 Å². The van der Waals surface area contributed by atoms with Crippen molar-refractivity contribution in [1.29, 1.82) is 0 Å². The van der Waals surface area contributed by atoms with Crippen molar-refractivity contribution in [2.45, 2.75) is 19.8 Å². The predicted molar refractivity (Wildman–Crippen MR) is 41.7 cm³/mol. The lowest BCUT2D eigenvalue weighted by Gasteiger charge is -2.13. The second-order valence-corrected chi connectivity index (χ2v) is 2.47. The second-order valence-electron chi connectivity index (χ2n) is 2.47. The molecule has 0 aromatic rings. The highest BCUT2D eigenvalue weighted by atomic mass is 16.2. The summed E-state index contributed by atoms with van der Waals surface area (Å²) < 4.78 is 0. The molecule has 2 amide bonds. The van der Waals surface area contributed by atoms with Crippen LogP contribution in [-0.4, -0.2) is 30.3 Å². The molecule has 64 valence electrons. The van der Waals surface area contributed by atoms with Gasteiger partial charge in [0.05, 0.1) is 6.54 Å². The van der Waals surface area contributed by atoms with Gasteiger partial charge in [-0.1, -0.05) is 6.92 Å². The first-order chi connectivity index (χ1) is 5.07. The summed E-state index contributed by atoms with van der Waals surface area (Å²) in [5.74, 6) is -0.511. The lowest BCUT2D eigenvalue weighted by Crippen LogP contribution is -2.35. The summed E-state index contributed by atoms with van der Waals surface area (Å²) >= 11 is 0. The number of primary amides is 1. The third-order valence-electron chi connectivity index (χ3n) is 1.28. The van der Waals surface area contributed by atoms with Crippen molar-refractivity contribution >= 4 is 11.8 Å². The Balaban J connectivity index is 3.73. The normalized spacial score (nSPS) is 9.27. The maximum Gasteiger partial charge on any atom is 0.237 e. The van der Waals surface area contributed by atoms with Crippen LogP contribution in [0.4, 0.5) is 0 Å². The van der Waals surface area contributed by atoms with Gasteiger partial charge in [-0.25, -0.2) is 0 Å². The number of carbonyl (C=O) groups is 2. The quantitative estimate of drug-likeness (QED) is 0.612. The molecule has 0 bridgehead atoms. The fourth-order valence-corrected chi connectivity index (χ4v) is 0.727. The zero-order valence-corrected chi connectivity index (χ0v) is 6.96. The number of amides is 2. The van der Waals surface area contributed by atoms with Crippen molar-refractivity contribution in [3.63, 3.8) is 0 Å². The minimum Gasteiger partial charge on any atom is -0.368 e. The molecule has 11 heavy (non-hydrogen) atoms. The molecule has 0 atom stereocenters. The van der Waals surface area contributed by atoms with Crippen molar-refractivity contribution in [3.8, 4) is 0 Å². The minimum atomic E-state index is -0.475. The van der Waals surface area contributed by atoms with E-state index in [0.717, 1.165) is 6.42 Å². The molecule has 0 fully saturated rings. The lowest BCUT2D eigenvalue weighted by molar-refractivity contribution is -0.133. The molecule has 0 saturated heterocycles. The van der Waals surface area contributed by atoms with E-state index in [2.05, 4.69) is 0 Å². The summed E-state index contributed by atoms with van der Waals surface area (Å²) in [6, 6.07) is 0. The van der Waals surface area contributed by atoms with Crippen LogP contribution in [0, 0.1) is 0 Å². The van der Waals surface area contributed by atoms with E-state index in [1.165, 1.54) is 4.90 Å². The van der Waals surface area contributed by atoms with Crippen LogP contribution in [-0.2, 0) is 9.59 Å². The molecule has 4 nitrogen and oxygen atoms in total. The van der Waals surface area contributed by atoms with Crippen LogP contribution in [0.25, 0.3) is 0 Å². The average Bonchev–Trinajstić information content (AvgIpc) is 1.86. The number of carbonyl (C=O) groups excluding carboxylic acids is 2. The molecule has 0 spiro atoms. The maximum atomic E-state index is 11.0. The number of hydrogen-bond donors (Lipinski definition) is 1. The molecular formula is C7H14N2O2. The van der Waals surface area contributed by atoms with Crippen molar-refractivity contribution in [2.75, 3.05) is 13.6 Å². The molecule has 2 N–H and O–H groups in total. The first-order valence-electron chi connectivity index (χ1n) is 3.60. The minimum absolute atomic E-state index is 0.0127. The van der Waals surface area contributed by atoms with E-state index in [4.69, 9.17) is 5.73 Å². The Morgan fingerprint density at radius 2 is 2.00 bits per heavy atom. The fraction of sp³-hybridized carbons (Fsp3) is 0.714. The lowest BCUT2D eigenvalue weighted by atomic mass is 10.3. The number of nitrogens with two attached hydrogens (primary N) is 1. The van der Waals surface area contributed by atoms with Gasteiger partial charge in [0.15, 0.2) is 0 Å². The SMILES string of the molecule is CCCC(=O)N(C)CC(N)=O. The van der Waals surface area contributed by atoms with Crippen LogP contribution in [0.5, 0.6) is 0 Å². The highest BCUT2D eigenvalue weighted by molar-refractivity contribution is 5.83. The highest BCUT2D eigenvalue weighted by Crippen LogP contribution is 1.93. The van der Waals surface area contributed by atoms with Gasteiger partial charge in [0, 0.05) is 13.5 Å². The van der Waals surface area contributed by atoms with E-state index >= 15 is 0 Å². The maximum absolute atomic E-state index is 11.0. The summed E-state index contributed by atoms with van der Waals surface area (Å²) in [5, 5.41) is 0. The molecule has 0 heterocycles. The van der Waals surface area contributed by atoms with E-state index in [1.54, 1.807) is 7.05 Å². The first-order valence-corrected chi connectivity index (χ1v) is 3.60. The highest BCUT2D eigenvalue weighted by Gasteiger charge is 2.08. The summed E-state index contributed by atoms with van der Waals surface area (Å²) in [6.07, 6.45) is 1.27. The Hall–Kier alpha value is -1.06. The van der Waals surface area contributed by atoms with E-state index < -0.39 is 5.91 Å². The molecule has 0 aliphatic carbocycles. The van der Waals surface area contributed by atoms with Crippen LogP contribution in [0.2, 0.25) is 0 Å². The Morgan fingerprint density at radius 1 is 1.45 bits per heavy atom. The molecule has 0 aromatic carbocycles. The zero-order chi connectivity index (χ0) is 8.85. The zero-order valence-electron chi connectivity index (χ0n) is 6.96. The van der Waals surface area contributed by atoms with Crippen molar-refractivity contribution in [3.05, 3.63) is 0 Å². The number of nitrogens with zero attached hydrogens (tertiary/aromatic N) is 1. The molecule has 0 unspecified atom stereocenters. The van der Waals surface area contributed by atoms with Crippen molar-refractivity contribution in [2.24, 2.45) is 5.73 Å². The molecule has 0 saturated carbocycles. The van der Waals surface area contributed by atoms with Gasteiger partial charge < -0.3 is 10.6 Å². The van der Waals surface area contributed by atoms with E-state index in [-0.39, 0.29) is 12.5 Å². The first kappa shape index (κ1) is 9.94. The Kier molecular flexibility index (Phi) is 4.26. The molecule has 0 aliphatic heterocycles. The molecule has 0 rings (SSSR count). The number of hydrogen-bond acceptors (Lipinski definition) is 2. The third-order valence-corrected chi connectivity index (χ3v) is 1.28. The number of likely N-dealkylation sites (N-methyl/N-ethyl adjacent to an activating group) is 1. The van der Waals surface area contributed by atoms with E-state index in [0.29, 0.717) is 6.42 Å². The van der Waals surface area contributed by atoms with Crippen LogP contribution in [0.3, 0.4) is 0 Å². The predicted octanol–water partition coefficient (Wildman–Crippen LogP) is -0.270. The summed E-state index contributed by atoms with van der Waals surface area (Å²) in [7, 11) is 1.57. The molecular weight excluding hydrogens is 144 g/mol. The van der Waals surface area contributed by atoms with Crippen molar-refractivity contribution in [1.82, 2.24) is 4.90 Å². The second kappa shape index (κ2) is 4.71. The smallest absolute Gasteiger partial charge is 0.237 e. The summed E-state index contributed by atoms with van der Waals surface area (Å²) in [4.78, 5) is 22.7. The van der Waals surface area contributed by atoms with E-state index in [9.17, 15) is 9.59 Å².